The van der Waals surface area contributed by atoms with Crippen LogP contribution in [0.3, 0.4) is 0 Å². The number of nitrogens with zero attached hydrogens (tertiary/aromatic N) is 2. The first-order valence-electron chi connectivity index (χ1n) is 15.7. The summed E-state index contributed by atoms with van der Waals surface area (Å²) in [7, 11) is 0. The topological polar surface area (TPSA) is 29.3 Å². The third kappa shape index (κ3) is 4.87. The van der Waals surface area contributed by atoms with Crippen LogP contribution in [0.5, 0.6) is 0 Å². The van der Waals surface area contributed by atoms with E-state index in [2.05, 4.69) is 144 Å². The van der Waals surface area contributed by atoms with Gasteiger partial charge in [-0.25, -0.2) is 4.98 Å². The van der Waals surface area contributed by atoms with Crippen molar-refractivity contribution in [3.63, 3.8) is 0 Å². The zero-order valence-electron chi connectivity index (χ0n) is 25.4. The van der Waals surface area contributed by atoms with Crippen LogP contribution in [0.15, 0.2) is 174 Å². The molecule has 0 atom stereocenters. The quantitative estimate of drug-likeness (QED) is 0.185. The number of anilines is 3. The Morgan fingerprint density at radius 2 is 1.11 bits per heavy atom. The molecule has 0 unspecified atom stereocenters. The Morgan fingerprint density at radius 1 is 0.489 bits per heavy atom. The van der Waals surface area contributed by atoms with Crippen molar-refractivity contribution < 1.29 is 4.42 Å². The van der Waals surface area contributed by atoms with E-state index in [0.717, 1.165) is 33.7 Å². The van der Waals surface area contributed by atoms with Crippen molar-refractivity contribution in [3.8, 4) is 33.7 Å². The first-order chi connectivity index (χ1) is 23.3. The summed E-state index contributed by atoms with van der Waals surface area (Å²) in [4.78, 5) is 7.34. The smallest absolute Gasteiger partial charge is 0.227 e. The minimum atomic E-state index is 0.639. The van der Waals surface area contributed by atoms with Crippen LogP contribution in [0.2, 0.25) is 0 Å². The standard InChI is InChI=1S/C43H28N2OS/c1-4-13-29(14-5-1)30-23-25-33(26-24-30)45(37-20-11-10-19-34(37)31-15-6-2-7-16-31)38-21-12-22-40-42(38)35-27-36-39(28-41(35)47-40)46-43(44-36)32-17-8-3-9-18-32/h1-28H. The van der Waals surface area contributed by atoms with E-state index >= 15 is 0 Å². The van der Waals surface area contributed by atoms with Gasteiger partial charge in [-0.3, -0.25) is 0 Å². The van der Waals surface area contributed by atoms with Gasteiger partial charge in [0.05, 0.1) is 11.4 Å². The van der Waals surface area contributed by atoms with Gasteiger partial charge in [-0.2, -0.15) is 0 Å². The summed E-state index contributed by atoms with van der Waals surface area (Å²) in [5, 5.41) is 2.37. The molecule has 0 aliphatic heterocycles. The van der Waals surface area contributed by atoms with Gasteiger partial charge in [0.25, 0.3) is 0 Å². The van der Waals surface area contributed by atoms with Crippen molar-refractivity contribution in [3.05, 3.63) is 170 Å². The molecule has 9 rings (SSSR count). The molecule has 2 aromatic heterocycles. The Balaban J connectivity index is 1.27. The average Bonchev–Trinajstić information content (AvgIpc) is 3.73. The lowest BCUT2D eigenvalue weighted by atomic mass is 10.00. The fraction of sp³-hybridized carbons (Fsp3) is 0. The van der Waals surface area contributed by atoms with E-state index in [9.17, 15) is 0 Å². The van der Waals surface area contributed by atoms with Crippen LogP contribution in [0.1, 0.15) is 0 Å². The molecule has 0 spiro atoms. The summed E-state index contributed by atoms with van der Waals surface area (Å²) >= 11 is 1.79. The van der Waals surface area contributed by atoms with Crippen molar-refractivity contribution in [1.82, 2.24) is 4.98 Å². The zero-order valence-corrected chi connectivity index (χ0v) is 26.2. The normalized spacial score (nSPS) is 11.4. The number of oxazole rings is 1. The Kier molecular flexibility index (Phi) is 6.65. The Labute approximate surface area is 276 Å². The summed E-state index contributed by atoms with van der Waals surface area (Å²) in [6.45, 7) is 0. The molecular weight excluding hydrogens is 593 g/mol. The summed E-state index contributed by atoms with van der Waals surface area (Å²) in [6.07, 6.45) is 0. The fourth-order valence-electron chi connectivity index (χ4n) is 6.49. The minimum Gasteiger partial charge on any atom is -0.436 e. The molecule has 222 valence electrons. The van der Waals surface area contributed by atoms with Crippen molar-refractivity contribution in [2.24, 2.45) is 0 Å². The lowest BCUT2D eigenvalue weighted by molar-refractivity contribution is 0.620. The summed E-state index contributed by atoms with van der Waals surface area (Å²) in [6, 6.07) is 59.8. The first-order valence-corrected chi connectivity index (χ1v) is 16.5. The Bertz CT molecular complexity index is 2500. The van der Waals surface area contributed by atoms with Crippen molar-refractivity contribution in [2.75, 3.05) is 4.90 Å². The predicted molar refractivity (Wildman–Crippen MR) is 198 cm³/mol. The van der Waals surface area contributed by atoms with Crippen LogP contribution in [0.25, 0.3) is 65.0 Å². The lowest BCUT2D eigenvalue weighted by Crippen LogP contribution is -2.11. The number of hydrogen-bond donors (Lipinski definition) is 0. The maximum absolute atomic E-state index is 6.27. The largest absolute Gasteiger partial charge is 0.436 e. The van der Waals surface area contributed by atoms with Crippen LogP contribution >= 0.6 is 11.3 Å². The van der Waals surface area contributed by atoms with Crippen molar-refractivity contribution in [1.29, 1.82) is 0 Å². The first kappa shape index (κ1) is 27.3. The number of hydrogen-bond acceptors (Lipinski definition) is 4. The van der Waals surface area contributed by atoms with E-state index < -0.39 is 0 Å². The molecule has 0 saturated heterocycles. The molecule has 3 nitrogen and oxygen atoms in total. The highest BCUT2D eigenvalue weighted by atomic mass is 32.1. The highest BCUT2D eigenvalue weighted by Gasteiger charge is 2.22. The third-order valence-electron chi connectivity index (χ3n) is 8.71. The monoisotopic (exact) mass is 620 g/mol. The molecule has 0 N–H and O–H groups in total. The second-order valence-corrected chi connectivity index (χ2v) is 12.7. The van der Waals surface area contributed by atoms with Gasteiger partial charge in [0.15, 0.2) is 5.58 Å². The number of para-hydroxylation sites is 1. The summed E-state index contributed by atoms with van der Waals surface area (Å²) < 4.78 is 8.66. The molecule has 0 radical (unpaired) electrons. The van der Waals surface area contributed by atoms with Gasteiger partial charge in [0, 0.05) is 43.1 Å². The highest BCUT2D eigenvalue weighted by molar-refractivity contribution is 7.26. The maximum atomic E-state index is 6.27. The Morgan fingerprint density at radius 3 is 1.85 bits per heavy atom. The number of aromatic nitrogens is 1. The molecule has 0 saturated carbocycles. The second-order valence-electron chi connectivity index (χ2n) is 11.6. The minimum absolute atomic E-state index is 0.639. The molecule has 0 aliphatic rings. The van der Waals surface area contributed by atoms with E-state index in [0.29, 0.717) is 5.89 Å². The molecular formula is C43H28N2OS. The fourth-order valence-corrected chi connectivity index (χ4v) is 7.63. The second kappa shape index (κ2) is 11.4. The number of rotatable bonds is 6. The summed E-state index contributed by atoms with van der Waals surface area (Å²) in [5.74, 6) is 0.639. The molecule has 0 amide bonds. The lowest BCUT2D eigenvalue weighted by Gasteiger charge is -2.29. The third-order valence-corrected chi connectivity index (χ3v) is 9.83. The molecule has 0 aliphatic carbocycles. The maximum Gasteiger partial charge on any atom is 0.227 e. The number of thiophene rings is 1. The van der Waals surface area contributed by atoms with E-state index in [-0.39, 0.29) is 0 Å². The molecule has 7 aromatic carbocycles. The summed E-state index contributed by atoms with van der Waals surface area (Å²) in [5.41, 5.74) is 10.7. The number of benzene rings is 7. The van der Waals surface area contributed by atoms with Gasteiger partial charge >= 0.3 is 0 Å². The van der Waals surface area contributed by atoms with Gasteiger partial charge < -0.3 is 9.32 Å². The van der Waals surface area contributed by atoms with Crippen molar-refractivity contribution >= 4 is 59.7 Å². The molecule has 0 bridgehead atoms. The van der Waals surface area contributed by atoms with E-state index in [1.54, 1.807) is 11.3 Å². The van der Waals surface area contributed by atoms with Gasteiger partial charge in [-0.15, -0.1) is 11.3 Å². The van der Waals surface area contributed by atoms with Gasteiger partial charge in [-0.05, 0) is 65.2 Å². The van der Waals surface area contributed by atoms with Gasteiger partial charge in [0.2, 0.25) is 5.89 Å². The van der Waals surface area contributed by atoms with E-state index in [4.69, 9.17) is 9.40 Å². The molecule has 9 aromatic rings. The van der Waals surface area contributed by atoms with Crippen LogP contribution in [0, 0.1) is 0 Å². The molecule has 4 heteroatoms. The van der Waals surface area contributed by atoms with Crippen LogP contribution in [-0.2, 0) is 0 Å². The SMILES string of the molecule is c1ccc(-c2ccc(N(c3ccccc3-c3ccccc3)c3cccc4sc5cc6oc(-c7ccccc7)nc6cc5c34)cc2)cc1. The molecule has 0 fully saturated rings. The average molecular weight is 621 g/mol. The van der Waals surface area contributed by atoms with E-state index in [1.807, 2.05) is 30.3 Å². The zero-order chi connectivity index (χ0) is 31.2. The Hall–Kier alpha value is -5.97. The van der Waals surface area contributed by atoms with Gasteiger partial charge in [0.1, 0.15) is 5.52 Å². The molecule has 2 heterocycles. The van der Waals surface area contributed by atoms with Gasteiger partial charge in [-0.1, -0.05) is 115 Å². The number of fused-ring (bicyclic) bond motifs is 4. The predicted octanol–water partition coefficient (Wildman–Crippen LogP) is 12.7. The highest BCUT2D eigenvalue weighted by Crippen LogP contribution is 2.48. The van der Waals surface area contributed by atoms with Crippen molar-refractivity contribution in [2.45, 2.75) is 0 Å². The van der Waals surface area contributed by atoms with E-state index in [1.165, 1.54) is 42.4 Å². The van der Waals surface area contributed by atoms with Crippen LogP contribution in [-0.4, -0.2) is 4.98 Å². The van der Waals surface area contributed by atoms with Crippen LogP contribution in [0.4, 0.5) is 17.1 Å². The molecule has 47 heavy (non-hydrogen) atoms. The van der Waals surface area contributed by atoms with Crippen LogP contribution < -0.4 is 4.90 Å².